The van der Waals surface area contributed by atoms with Crippen molar-refractivity contribution in [3.05, 3.63) is 0 Å². The molecular weight excluding hydrogens is 280 g/mol. The summed E-state index contributed by atoms with van der Waals surface area (Å²) in [4.78, 5) is 36.5. The largest absolute Gasteiger partial charge is 0.480 e. The van der Waals surface area contributed by atoms with Crippen molar-refractivity contribution in [2.75, 3.05) is 18.2 Å². The van der Waals surface area contributed by atoms with Crippen molar-refractivity contribution in [1.29, 1.82) is 0 Å². The summed E-state index contributed by atoms with van der Waals surface area (Å²) in [6.07, 6.45) is 2.51. The van der Waals surface area contributed by atoms with E-state index in [2.05, 4.69) is 12.2 Å². The zero-order valence-electron chi connectivity index (χ0n) is 11.6. The summed E-state index contributed by atoms with van der Waals surface area (Å²) in [6, 6.07) is 0. The Balaban J connectivity index is 1.96. The minimum atomic E-state index is -1.15. The van der Waals surface area contributed by atoms with Gasteiger partial charge >= 0.3 is 5.97 Å². The molecule has 6 nitrogen and oxygen atoms in total. The minimum absolute atomic E-state index is 0.0452. The maximum absolute atomic E-state index is 12.0. The van der Waals surface area contributed by atoms with Gasteiger partial charge in [-0.2, -0.15) is 0 Å². The molecule has 1 saturated carbocycles. The van der Waals surface area contributed by atoms with Gasteiger partial charge in [0.25, 0.3) is 0 Å². The van der Waals surface area contributed by atoms with Crippen LogP contribution in [0.25, 0.3) is 0 Å². The number of carboxylic acid groups (broad SMARTS) is 1. The van der Waals surface area contributed by atoms with Gasteiger partial charge in [0.2, 0.25) is 11.8 Å². The van der Waals surface area contributed by atoms with Gasteiger partial charge in [-0.25, -0.2) is 4.79 Å². The molecule has 0 aromatic heterocycles. The Hall–Kier alpha value is -1.24. The normalized spacial score (nSPS) is 30.4. The molecule has 0 atom stereocenters. The lowest BCUT2D eigenvalue weighted by atomic mass is 9.77. The number of nitrogens with zero attached hydrogens (tertiary/aromatic N) is 1. The first-order valence-corrected chi connectivity index (χ1v) is 7.98. The number of amides is 2. The number of carbonyl (C=O) groups is 3. The Labute approximate surface area is 122 Å². The predicted molar refractivity (Wildman–Crippen MR) is 75.2 cm³/mol. The number of carbonyl (C=O) groups excluding carboxylic acids is 2. The molecule has 2 amide bonds. The number of carboxylic acids is 1. The summed E-state index contributed by atoms with van der Waals surface area (Å²) in [6.45, 7) is 2.05. The molecule has 0 spiro atoms. The Morgan fingerprint density at radius 3 is 2.60 bits per heavy atom. The molecule has 0 aromatic rings. The maximum Gasteiger partial charge on any atom is 0.329 e. The molecule has 2 N–H and O–H groups in total. The molecule has 1 aliphatic heterocycles. The van der Waals surface area contributed by atoms with Crippen LogP contribution in [0.4, 0.5) is 0 Å². The third-order valence-corrected chi connectivity index (χ3v) is 5.02. The number of nitrogens with one attached hydrogen (secondary N) is 1. The van der Waals surface area contributed by atoms with E-state index in [-0.39, 0.29) is 18.4 Å². The Bertz CT molecular complexity index is 419. The Morgan fingerprint density at radius 1 is 1.45 bits per heavy atom. The molecule has 7 heteroatoms. The molecule has 0 bridgehead atoms. The molecule has 0 unspecified atom stereocenters. The number of hydrogen-bond acceptors (Lipinski definition) is 4. The lowest BCUT2D eigenvalue weighted by Gasteiger charge is -2.36. The van der Waals surface area contributed by atoms with Gasteiger partial charge in [-0.1, -0.05) is 6.92 Å². The molecular formula is C13H20N2O4S. The summed E-state index contributed by atoms with van der Waals surface area (Å²) < 4.78 is 0. The van der Waals surface area contributed by atoms with Crippen LogP contribution in [-0.4, -0.2) is 51.5 Å². The lowest BCUT2D eigenvalue weighted by molar-refractivity contribution is -0.150. The molecule has 2 aliphatic rings. The minimum Gasteiger partial charge on any atom is -0.480 e. The Morgan fingerprint density at radius 2 is 2.10 bits per heavy atom. The fourth-order valence-corrected chi connectivity index (χ4v) is 3.57. The van der Waals surface area contributed by atoms with Crippen LogP contribution in [0.3, 0.4) is 0 Å². The van der Waals surface area contributed by atoms with E-state index in [1.807, 2.05) is 0 Å². The highest BCUT2D eigenvalue weighted by Gasteiger charge is 2.42. The molecule has 1 heterocycles. The van der Waals surface area contributed by atoms with Crippen molar-refractivity contribution >= 4 is 29.5 Å². The summed E-state index contributed by atoms with van der Waals surface area (Å²) in [7, 11) is 0. The van der Waals surface area contributed by atoms with Gasteiger partial charge < -0.3 is 15.3 Å². The van der Waals surface area contributed by atoms with Crippen molar-refractivity contribution in [3.8, 4) is 0 Å². The van der Waals surface area contributed by atoms with Gasteiger partial charge in [0, 0.05) is 0 Å². The summed E-state index contributed by atoms with van der Waals surface area (Å²) in [5.74, 6) is -0.0153. The third-order valence-electron chi connectivity index (χ3n) is 4.08. The molecule has 20 heavy (non-hydrogen) atoms. The fraction of sp³-hybridized carbons (Fsp3) is 0.769. The Kier molecular flexibility index (Phi) is 4.57. The van der Waals surface area contributed by atoms with Crippen LogP contribution in [-0.2, 0) is 14.4 Å². The molecule has 1 saturated heterocycles. The monoisotopic (exact) mass is 300 g/mol. The van der Waals surface area contributed by atoms with Gasteiger partial charge in [-0.05, 0) is 31.6 Å². The van der Waals surface area contributed by atoms with E-state index in [1.165, 1.54) is 16.7 Å². The zero-order chi connectivity index (χ0) is 14.8. The average Bonchev–Trinajstić information content (AvgIpc) is 2.78. The fourth-order valence-electron chi connectivity index (χ4n) is 2.67. The van der Waals surface area contributed by atoms with E-state index in [4.69, 9.17) is 0 Å². The van der Waals surface area contributed by atoms with Gasteiger partial charge in [-0.3, -0.25) is 9.59 Å². The lowest BCUT2D eigenvalue weighted by Crippen LogP contribution is -2.58. The molecule has 112 valence electrons. The van der Waals surface area contributed by atoms with E-state index in [9.17, 15) is 19.5 Å². The highest BCUT2D eigenvalue weighted by atomic mass is 32.2. The van der Waals surface area contributed by atoms with E-state index in [0.29, 0.717) is 30.4 Å². The number of aliphatic carboxylic acids is 1. The summed E-state index contributed by atoms with van der Waals surface area (Å²) >= 11 is 1.46. The standard InChI is InChI=1S/C13H20N2O4S/c1-9-2-4-13(5-3-9,12(18)19)14-10(16)6-15-8-20-7-11(15)17/h9H,2-8H2,1H3,(H,14,16)(H,18,19). The third kappa shape index (κ3) is 3.26. The average molecular weight is 300 g/mol. The molecule has 1 aliphatic carbocycles. The maximum atomic E-state index is 12.0. The zero-order valence-corrected chi connectivity index (χ0v) is 12.4. The molecule has 2 fully saturated rings. The van der Waals surface area contributed by atoms with Crippen LogP contribution in [0.1, 0.15) is 32.6 Å². The topological polar surface area (TPSA) is 86.7 Å². The van der Waals surface area contributed by atoms with E-state index < -0.39 is 11.5 Å². The smallest absolute Gasteiger partial charge is 0.329 e. The number of thioether (sulfide) groups is 1. The quantitative estimate of drug-likeness (QED) is 0.797. The highest BCUT2D eigenvalue weighted by molar-refractivity contribution is 8.00. The van der Waals surface area contributed by atoms with Crippen LogP contribution in [0, 0.1) is 5.92 Å². The second kappa shape index (κ2) is 6.03. The van der Waals surface area contributed by atoms with E-state index in [0.717, 1.165) is 12.8 Å². The van der Waals surface area contributed by atoms with Crippen molar-refractivity contribution in [3.63, 3.8) is 0 Å². The van der Waals surface area contributed by atoms with Crippen LogP contribution in [0.2, 0.25) is 0 Å². The summed E-state index contributed by atoms with van der Waals surface area (Å²) in [5, 5.41) is 12.1. The van der Waals surface area contributed by atoms with E-state index >= 15 is 0 Å². The van der Waals surface area contributed by atoms with Crippen molar-refractivity contribution < 1.29 is 19.5 Å². The van der Waals surface area contributed by atoms with E-state index in [1.54, 1.807) is 0 Å². The van der Waals surface area contributed by atoms with Crippen LogP contribution in [0.5, 0.6) is 0 Å². The molecule has 0 radical (unpaired) electrons. The molecule has 0 aromatic carbocycles. The SMILES string of the molecule is CC1CCC(NC(=O)CN2CSCC2=O)(C(=O)O)CC1. The highest BCUT2D eigenvalue weighted by Crippen LogP contribution is 2.32. The van der Waals surface area contributed by atoms with Gasteiger partial charge in [0.05, 0.1) is 11.6 Å². The second-order valence-corrected chi connectivity index (χ2v) is 6.64. The first kappa shape index (κ1) is 15.2. The van der Waals surface area contributed by atoms with Crippen molar-refractivity contribution in [2.45, 2.75) is 38.1 Å². The van der Waals surface area contributed by atoms with Crippen LogP contribution in [0.15, 0.2) is 0 Å². The van der Waals surface area contributed by atoms with Gasteiger partial charge in [0.1, 0.15) is 12.1 Å². The first-order chi connectivity index (χ1) is 9.43. The van der Waals surface area contributed by atoms with Crippen molar-refractivity contribution in [1.82, 2.24) is 10.2 Å². The van der Waals surface area contributed by atoms with Crippen LogP contribution < -0.4 is 5.32 Å². The number of rotatable bonds is 4. The number of hydrogen-bond donors (Lipinski definition) is 2. The molecule has 2 rings (SSSR count). The van der Waals surface area contributed by atoms with Crippen molar-refractivity contribution in [2.24, 2.45) is 5.92 Å². The van der Waals surface area contributed by atoms with Gasteiger partial charge in [-0.15, -0.1) is 11.8 Å². The first-order valence-electron chi connectivity index (χ1n) is 6.83. The summed E-state index contributed by atoms with van der Waals surface area (Å²) in [5.41, 5.74) is -1.15. The second-order valence-electron chi connectivity index (χ2n) is 5.69. The van der Waals surface area contributed by atoms with Crippen LogP contribution >= 0.6 is 11.8 Å². The predicted octanol–water partition coefficient (Wildman–Crippen LogP) is 0.669. The van der Waals surface area contributed by atoms with Gasteiger partial charge in [0.15, 0.2) is 0 Å².